The SMILES string of the molecule is O=C(c1ccnc(C2CC2)n1)N1CC(c2nc3ccccc3s2)C1. The summed E-state index contributed by atoms with van der Waals surface area (Å²) in [6, 6.07) is 9.90. The zero-order valence-electron chi connectivity index (χ0n) is 13.1. The van der Waals surface area contributed by atoms with E-state index in [1.165, 1.54) is 4.70 Å². The zero-order valence-corrected chi connectivity index (χ0v) is 13.9. The Kier molecular flexibility index (Phi) is 3.13. The Hall–Kier alpha value is -2.34. The minimum Gasteiger partial charge on any atom is -0.336 e. The molecule has 0 radical (unpaired) electrons. The van der Waals surface area contributed by atoms with E-state index in [0.717, 1.165) is 42.3 Å². The molecule has 1 saturated heterocycles. The van der Waals surface area contributed by atoms with Crippen molar-refractivity contribution in [2.75, 3.05) is 13.1 Å². The van der Waals surface area contributed by atoms with Crippen molar-refractivity contribution in [1.29, 1.82) is 0 Å². The fraction of sp³-hybridized carbons (Fsp3) is 0.333. The summed E-state index contributed by atoms with van der Waals surface area (Å²) in [5.41, 5.74) is 1.57. The molecule has 1 saturated carbocycles. The second-order valence-corrected chi connectivity index (χ2v) is 7.56. The number of likely N-dealkylation sites (tertiary alicyclic amines) is 1. The minimum atomic E-state index is 0.0108. The number of carbonyl (C=O) groups excluding carboxylic acids is 1. The highest BCUT2D eigenvalue weighted by Gasteiger charge is 2.35. The molecule has 3 heterocycles. The molecule has 1 aliphatic heterocycles. The van der Waals surface area contributed by atoms with Crippen LogP contribution < -0.4 is 0 Å². The molecule has 1 aromatic carbocycles. The van der Waals surface area contributed by atoms with E-state index in [-0.39, 0.29) is 5.91 Å². The number of benzene rings is 1. The van der Waals surface area contributed by atoms with Crippen LogP contribution in [0.5, 0.6) is 0 Å². The molecule has 6 heteroatoms. The second kappa shape index (κ2) is 5.34. The van der Waals surface area contributed by atoms with Crippen molar-refractivity contribution in [1.82, 2.24) is 19.9 Å². The Balaban J connectivity index is 1.30. The van der Waals surface area contributed by atoms with Gasteiger partial charge in [-0.15, -0.1) is 11.3 Å². The number of fused-ring (bicyclic) bond motifs is 1. The maximum Gasteiger partial charge on any atom is 0.272 e. The lowest BCUT2D eigenvalue weighted by molar-refractivity contribution is 0.0595. The van der Waals surface area contributed by atoms with E-state index in [1.807, 2.05) is 23.1 Å². The van der Waals surface area contributed by atoms with Gasteiger partial charge in [0.1, 0.15) is 16.5 Å². The number of para-hydroxylation sites is 1. The number of amides is 1. The first-order valence-electron chi connectivity index (χ1n) is 8.25. The van der Waals surface area contributed by atoms with E-state index < -0.39 is 0 Å². The van der Waals surface area contributed by atoms with Crippen LogP contribution in [-0.4, -0.2) is 38.8 Å². The van der Waals surface area contributed by atoms with Crippen molar-refractivity contribution < 1.29 is 4.79 Å². The van der Waals surface area contributed by atoms with E-state index in [2.05, 4.69) is 16.0 Å². The summed E-state index contributed by atoms with van der Waals surface area (Å²) < 4.78 is 1.21. The maximum absolute atomic E-state index is 12.6. The highest BCUT2D eigenvalue weighted by Crippen LogP contribution is 2.38. The van der Waals surface area contributed by atoms with Crippen LogP contribution in [0.1, 0.15) is 46.0 Å². The predicted octanol–water partition coefficient (Wildman–Crippen LogP) is 3.20. The van der Waals surface area contributed by atoms with Gasteiger partial charge in [-0.1, -0.05) is 12.1 Å². The van der Waals surface area contributed by atoms with E-state index in [1.54, 1.807) is 23.6 Å². The summed E-state index contributed by atoms with van der Waals surface area (Å²) in [4.78, 5) is 27.9. The summed E-state index contributed by atoms with van der Waals surface area (Å²) in [6.45, 7) is 1.45. The van der Waals surface area contributed by atoms with Gasteiger partial charge in [-0.05, 0) is 31.0 Å². The molecule has 0 atom stereocenters. The van der Waals surface area contributed by atoms with E-state index in [9.17, 15) is 4.79 Å². The molecule has 24 heavy (non-hydrogen) atoms. The smallest absolute Gasteiger partial charge is 0.272 e. The molecular weight excluding hydrogens is 320 g/mol. The topological polar surface area (TPSA) is 59.0 Å². The summed E-state index contributed by atoms with van der Waals surface area (Å²) in [5, 5.41) is 1.13. The third kappa shape index (κ3) is 2.38. The standard InChI is InChI=1S/C18H16N4OS/c23-18(14-7-8-19-16(20-14)11-5-6-11)22-9-12(10-22)17-21-13-3-1-2-4-15(13)24-17/h1-4,7-8,11-12H,5-6,9-10H2. The van der Waals surface area contributed by atoms with Crippen molar-refractivity contribution in [3.8, 4) is 0 Å². The lowest BCUT2D eigenvalue weighted by Gasteiger charge is -2.37. The quantitative estimate of drug-likeness (QED) is 0.737. The lowest BCUT2D eigenvalue weighted by Crippen LogP contribution is -2.48. The second-order valence-electron chi connectivity index (χ2n) is 6.50. The lowest BCUT2D eigenvalue weighted by atomic mass is 10.0. The maximum atomic E-state index is 12.6. The van der Waals surface area contributed by atoms with Crippen LogP contribution in [0.2, 0.25) is 0 Å². The van der Waals surface area contributed by atoms with Gasteiger partial charge < -0.3 is 4.90 Å². The summed E-state index contributed by atoms with van der Waals surface area (Å²) in [6.07, 6.45) is 3.99. The van der Waals surface area contributed by atoms with E-state index in [0.29, 0.717) is 17.5 Å². The average Bonchev–Trinajstić information content (AvgIpc) is 3.33. The van der Waals surface area contributed by atoms with Gasteiger partial charge in [0.05, 0.1) is 10.2 Å². The van der Waals surface area contributed by atoms with Gasteiger partial charge in [0.15, 0.2) is 0 Å². The molecule has 0 unspecified atom stereocenters. The fourth-order valence-electron chi connectivity index (χ4n) is 3.06. The van der Waals surface area contributed by atoms with Crippen LogP contribution in [0.3, 0.4) is 0 Å². The number of carbonyl (C=O) groups is 1. The van der Waals surface area contributed by atoms with Crippen molar-refractivity contribution in [2.24, 2.45) is 0 Å². The third-order valence-electron chi connectivity index (χ3n) is 4.66. The number of thiazole rings is 1. The molecule has 1 aliphatic carbocycles. The number of hydrogen-bond donors (Lipinski definition) is 0. The molecule has 0 spiro atoms. The van der Waals surface area contributed by atoms with Crippen molar-refractivity contribution in [3.05, 3.63) is 53.1 Å². The van der Waals surface area contributed by atoms with Gasteiger partial charge in [-0.25, -0.2) is 15.0 Å². The largest absolute Gasteiger partial charge is 0.336 e. The van der Waals surface area contributed by atoms with Crippen LogP contribution in [0.4, 0.5) is 0 Å². The number of hydrogen-bond acceptors (Lipinski definition) is 5. The van der Waals surface area contributed by atoms with Gasteiger partial charge in [0, 0.05) is 31.1 Å². The molecule has 0 N–H and O–H groups in total. The van der Waals surface area contributed by atoms with E-state index >= 15 is 0 Å². The normalized spacial score (nSPS) is 17.9. The number of aromatic nitrogens is 3. The van der Waals surface area contributed by atoms with Gasteiger partial charge >= 0.3 is 0 Å². The molecule has 2 aliphatic rings. The zero-order chi connectivity index (χ0) is 16.1. The molecule has 2 fully saturated rings. The Morgan fingerprint density at radius 2 is 1.92 bits per heavy atom. The Morgan fingerprint density at radius 1 is 1.08 bits per heavy atom. The summed E-state index contributed by atoms with van der Waals surface area (Å²) in [5.74, 6) is 1.64. The molecule has 5 nitrogen and oxygen atoms in total. The molecule has 120 valence electrons. The molecule has 0 bridgehead atoms. The third-order valence-corrected chi connectivity index (χ3v) is 5.86. The van der Waals surface area contributed by atoms with Gasteiger partial charge in [0.25, 0.3) is 5.91 Å². The number of nitrogens with zero attached hydrogens (tertiary/aromatic N) is 4. The van der Waals surface area contributed by atoms with Crippen molar-refractivity contribution in [2.45, 2.75) is 24.7 Å². The minimum absolute atomic E-state index is 0.0108. The van der Waals surface area contributed by atoms with Crippen LogP contribution in [0.15, 0.2) is 36.5 Å². The van der Waals surface area contributed by atoms with Crippen LogP contribution in [-0.2, 0) is 0 Å². The average molecular weight is 336 g/mol. The van der Waals surface area contributed by atoms with Crippen LogP contribution in [0, 0.1) is 0 Å². The number of rotatable bonds is 3. The first kappa shape index (κ1) is 14.0. The monoisotopic (exact) mass is 336 g/mol. The Bertz CT molecular complexity index is 894. The molecule has 2 aromatic heterocycles. The van der Waals surface area contributed by atoms with Gasteiger partial charge in [0.2, 0.25) is 0 Å². The molecule has 3 aromatic rings. The Morgan fingerprint density at radius 3 is 2.71 bits per heavy atom. The van der Waals surface area contributed by atoms with Crippen LogP contribution >= 0.6 is 11.3 Å². The highest BCUT2D eigenvalue weighted by atomic mass is 32.1. The predicted molar refractivity (Wildman–Crippen MR) is 92.3 cm³/mol. The van der Waals surface area contributed by atoms with Gasteiger partial charge in [-0.3, -0.25) is 4.79 Å². The van der Waals surface area contributed by atoms with Crippen molar-refractivity contribution >= 4 is 27.5 Å². The van der Waals surface area contributed by atoms with Crippen molar-refractivity contribution in [3.63, 3.8) is 0 Å². The fourth-order valence-corrected chi connectivity index (χ4v) is 4.11. The van der Waals surface area contributed by atoms with E-state index in [4.69, 9.17) is 4.98 Å². The molecule has 1 amide bonds. The summed E-state index contributed by atoms with van der Waals surface area (Å²) in [7, 11) is 0. The summed E-state index contributed by atoms with van der Waals surface area (Å²) >= 11 is 1.73. The first-order chi connectivity index (χ1) is 11.8. The highest BCUT2D eigenvalue weighted by molar-refractivity contribution is 7.18. The molecule has 5 rings (SSSR count). The van der Waals surface area contributed by atoms with Gasteiger partial charge in [-0.2, -0.15) is 0 Å². The first-order valence-corrected chi connectivity index (χ1v) is 9.07. The van der Waals surface area contributed by atoms with Crippen LogP contribution in [0.25, 0.3) is 10.2 Å². The Labute approximate surface area is 143 Å². The molecular formula is C18H16N4OS.